The normalized spacial score (nSPS) is 13.6. The quantitative estimate of drug-likeness (QED) is 0.623. The first-order chi connectivity index (χ1) is 9.90. The Hall–Kier alpha value is -1.37. The van der Waals surface area contributed by atoms with Crippen LogP contribution < -0.4 is 10.6 Å². The Kier molecular flexibility index (Phi) is 6.87. The van der Waals surface area contributed by atoms with Gasteiger partial charge in [-0.15, -0.1) is 0 Å². The van der Waals surface area contributed by atoms with E-state index in [1.165, 1.54) is 12.1 Å². The molecular weight excluding hydrogens is 299 g/mol. The molecule has 0 aliphatic heterocycles. The van der Waals surface area contributed by atoms with Gasteiger partial charge >= 0.3 is 6.03 Å². The molecule has 0 aromatic heterocycles. The second-order valence-electron chi connectivity index (χ2n) is 4.84. The van der Waals surface area contributed by atoms with E-state index in [4.69, 9.17) is 16.7 Å². The molecule has 4 N–H and O–H groups in total. The second-order valence-corrected chi connectivity index (χ2v) is 5.27. The summed E-state index contributed by atoms with van der Waals surface area (Å²) in [7, 11) is 0. The summed E-state index contributed by atoms with van der Waals surface area (Å²) in [6, 6.07) is 3.30. The molecule has 0 radical (unpaired) electrons. The molecule has 0 aliphatic rings. The Bertz CT molecular complexity index is 487. The molecule has 0 saturated carbocycles. The number of amides is 2. The Morgan fingerprint density at radius 1 is 1.48 bits per heavy atom. The first-order valence-electron chi connectivity index (χ1n) is 6.73. The van der Waals surface area contributed by atoms with E-state index in [2.05, 4.69) is 10.6 Å². The van der Waals surface area contributed by atoms with Gasteiger partial charge in [0.05, 0.1) is 11.3 Å². The van der Waals surface area contributed by atoms with Crippen LogP contribution in [0.5, 0.6) is 0 Å². The monoisotopic (exact) mass is 318 g/mol. The molecule has 5 nitrogen and oxygen atoms in total. The van der Waals surface area contributed by atoms with Crippen LogP contribution in [0.25, 0.3) is 0 Å². The summed E-state index contributed by atoms with van der Waals surface area (Å²) >= 11 is 5.62. The van der Waals surface area contributed by atoms with E-state index in [-0.39, 0.29) is 23.9 Å². The van der Waals surface area contributed by atoms with Gasteiger partial charge in [-0.05, 0) is 37.5 Å². The zero-order chi connectivity index (χ0) is 15.9. The molecule has 1 aromatic rings. The smallest absolute Gasteiger partial charge is 0.319 e. The highest BCUT2D eigenvalue weighted by atomic mass is 35.5. The van der Waals surface area contributed by atoms with E-state index in [1.54, 1.807) is 6.92 Å². The Morgan fingerprint density at radius 2 is 2.19 bits per heavy atom. The van der Waals surface area contributed by atoms with Crippen LogP contribution in [-0.4, -0.2) is 35.0 Å². The maximum Gasteiger partial charge on any atom is 0.319 e. The van der Waals surface area contributed by atoms with Gasteiger partial charge in [-0.2, -0.15) is 0 Å². The number of anilines is 1. The van der Waals surface area contributed by atoms with Gasteiger partial charge in [0.25, 0.3) is 0 Å². The van der Waals surface area contributed by atoms with Gasteiger partial charge < -0.3 is 20.8 Å². The maximum atomic E-state index is 13.5. The summed E-state index contributed by atoms with van der Waals surface area (Å²) in [5.74, 6) is -0.635. The van der Waals surface area contributed by atoms with Crippen LogP contribution in [0.4, 0.5) is 14.9 Å². The molecule has 7 heteroatoms. The van der Waals surface area contributed by atoms with Crippen LogP contribution in [0.2, 0.25) is 5.02 Å². The summed E-state index contributed by atoms with van der Waals surface area (Å²) < 4.78 is 13.5. The van der Waals surface area contributed by atoms with Crippen LogP contribution in [0.3, 0.4) is 0 Å². The molecule has 2 amide bonds. The summed E-state index contributed by atoms with van der Waals surface area (Å²) in [5.41, 5.74) is -1.08. The minimum atomic E-state index is -1.08. The lowest BCUT2D eigenvalue weighted by Crippen LogP contribution is -2.44. The first-order valence-corrected chi connectivity index (χ1v) is 7.11. The first kappa shape index (κ1) is 17.7. The number of aliphatic hydroxyl groups is 2. The second kappa shape index (κ2) is 8.17. The Morgan fingerprint density at radius 3 is 2.76 bits per heavy atom. The number of aliphatic hydroxyl groups excluding tert-OH is 1. The summed E-state index contributed by atoms with van der Waals surface area (Å²) in [6.07, 6.45) is 1.25. The third-order valence-corrected chi connectivity index (χ3v) is 3.45. The number of halogens is 2. The highest BCUT2D eigenvalue weighted by Gasteiger charge is 2.24. The largest absolute Gasteiger partial charge is 0.396 e. The van der Waals surface area contributed by atoms with Crippen molar-refractivity contribution in [1.82, 2.24) is 5.32 Å². The van der Waals surface area contributed by atoms with E-state index in [1.807, 2.05) is 0 Å². The van der Waals surface area contributed by atoms with Crippen molar-refractivity contribution < 1.29 is 19.4 Å². The number of carbonyl (C=O) groups excluding carboxylic acids is 1. The van der Waals surface area contributed by atoms with Gasteiger partial charge in [-0.3, -0.25) is 0 Å². The van der Waals surface area contributed by atoms with Crippen molar-refractivity contribution in [2.45, 2.75) is 31.8 Å². The lowest BCUT2D eigenvalue weighted by atomic mass is 9.95. The van der Waals surface area contributed by atoms with Crippen molar-refractivity contribution in [3.63, 3.8) is 0 Å². The van der Waals surface area contributed by atoms with Crippen LogP contribution in [-0.2, 0) is 0 Å². The number of nitrogens with one attached hydrogen (secondary N) is 2. The van der Waals surface area contributed by atoms with E-state index in [9.17, 15) is 14.3 Å². The van der Waals surface area contributed by atoms with E-state index < -0.39 is 17.4 Å². The molecule has 0 spiro atoms. The van der Waals surface area contributed by atoms with Crippen molar-refractivity contribution in [3.05, 3.63) is 29.0 Å². The number of benzene rings is 1. The van der Waals surface area contributed by atoms with Crippen molar-refractivity contribution in [1.29, 1.82) is 0 Å². The number of carbonyl (C=O) groups is 1. The average molecular weight is 319 g/mol. The lowest BCUT2D eigenvalue weighted by Gasteiger charge is -2.26. The number of hydrogen-bond donors (Lipinski definition) is 4. The van der Waals surface area contributed by atoms with Crippen molar-refractivity contribution in [2.24, 2.45) is 0 Å². The number of hydrogen-bond acceptors (Lipinski definition) is 3. The fraction of sp³-hybridized carbons (Fsp3) is 0.500. The van der Waals surface area contributed by atoms with Crippen LogP contribution in [0.15, 0.2) is 18.2 Å². The van der Waals surface area contributed by atoms with Gasteiger partial charge in [-0.25, -0.2) is 9.18 Å². The Balaban J connectivity index is 2.53. The minimum Gasteiger partial charge on any atom is -0.396 e. The molecule has 1 atom stereocenters. The van der Waals surface area contributed by atoms with Gasteiger partial charge in [0, 0.05) is 18.2 Å². The van der Waals surface area contributed by atoms with Crippen LogP contribution in [0, 0.1) is 5.82 Å². The van der Waals surface area contributed by atoms with Crippen molar-refractivity contribution in [3.8, 4) is 0 Å². The minimum absolute atomic E-state index is 0.00676. The molecular formula is C14H20ClFN2O3. The van der Waals surface area contributed by atoms with Crippen molar-refractivity contribution >= 4 is 23.3 Å². The number of rotatable bonds is 7. The lowest BCUT2D eigenvalue weighted by molar-refractivity contribution is 0.0243. The average Bonchev–Trinajstić information content (AvgIpc) is 2.46. The molecule has 118 valence electrons. The van der Waals surface area contributed by atoms with Gasteiger partial charge in [0.1, 0.15) is 5.82 Å². The van der Waals surface area contributed by atoms with Gasteiger partial charge in [-0.1, -0.05) is 18.5 Å². The van der Waals surface area contributed by atoms with Gasteiger partial charge in [0.15, 0.2) is 0 Å². The maximum absolute atomic E-state index is 13.5. The molecule has 1 rings (SSSR count). The highest BCUT2D eigenvalue weighted by molar-refractivity contribution is 6.30. The van der Waals surface area contributed by atoms with Crippen molar-refractivity contribution in [2.75, 3.05) is 18.5 Å². The molecule has 0 saturated heterocycles. The molecule has 0 fully saturated rings. The van der Waals surface area contributed by atoms with E-state index >= 15 is 0 Å². The zero-order valence-electron chi connectivity index (χ0n) is 11.8. The summed E-state index contributed by atoms with van der Waals surface area (Å²) in [4.78, 5) is 11.7. The molecule has 0 bridgehead atoms. The number of urea groups is 1. The third kappa shape index (κ3) is 5.87. The molecule has 1 aromatic carbocycles. The summed E-state index contributed by atoms with van der Waals surface area (Å²) in [5, 5.41) is 24.1. The Labute approximate surface area is 128 Å². The molecule has 21 heavy (non-hydrogen) atoms. The topological polar surface area (TPSA) is 81.6 Å². The SMILES string of the molecule is CC[C@@](O)(CCCO)CNC(=O)Nc1ccc(Cl)cc1F. The predicted molar refractivity (Wildman–Crippen MR) is 80.0 cm³/mol. The molecule has 0 aliphatic carbocycles. The van der Waals surface area contributed by atoms with Gasteiger partial charge in [0.2, 0.25) is 0 Å². The summed E-state index contributed by atoms with van der Waals surface area (Å²) in [6.45, 7) is 1.78. The van der Waals surface area contributed by atoms with Crippen LogP contribution >= 0.6 is 11.6 Å². The van der Waals surface area contributed by atoms with E-state index in [0.29, 0.717) is 19.3 Å². The third-order valence-electron chi connectivity index (χ3n) is 3.22. The van der Waals surface area contributed by atoms with Crippen LogP contribution in [0.1, 0.15) is 26.2 Å². The predicted octanol–water partition coefficient (Wildman–Crippen LogP) is 2.51. The zero-order valence-corrected chi connectivity index (χ0v) is 12.6. The standard InChI is InChI=1S/C14H20ClFN2O3/c1-2-14(21,6-3-7-19)9-17-13(20)18-12-5-4-10(15)8-11(12)16/h4-5,8,19,21H,2-3,6-7,9H2,1H3,(H2,17,18,20)/t14-/m1/s1. The fourth-order valence-corrected chi connectivity index (χ4v) is 1.96. The van der Waals surface area contributed by atoms with E-state index in [0.717, 1.165) is 6.07 Å². The molecule has 0 heterocycles. The molecule has 0 unspecified atom stereocenters. The highest BCUT2D eigenvalue weighted by Crippen LogP contribution is 2.19. The fourth-order valence-electron chi connectivity index (χ4n) is 1.80.